The van der Waals surface area contributed by atoms with Gasteiger partial charge in [-0.15, -0.1) is 24.0 Å². The van der Waals surface area contributed by atoms with Crippen molar-refractivity contribution >= 4 is 39.8 Å². The Hall–Kier alpha value is -1.61. The molecule has 0 aromatic heterocycles. The van der Waals surface area contributed by atoms with Crippen LogP contribution in [0.25, 0.3) is 0 Å². The van der Waals surface area contributed by atoms with Crippen molar-refractivity contribution in [1.82, 2.24) is 10.2 Å². The van der Waals surface area contributed by atoms with Crippen molar-refractivity contribution in [2.45, 2.75) is 24.3 Å². The quantitative estimate of drug-likeness (QED) is 0.297. The van der Waals surface area contributed by atoms with E-state index in [0.29, 0.717) is 17.9 Å². The summed E-state index contributed by atoms with van der Waals surface area (Å²) in [6.07, 6.45) is 1.54. The number of rotatable bonds is 5. The van der Waals surface area contributed by atoms with E-state index in [1.807, 2.05) is 6.07 Å². The third kappa shape index (κ3) is 5.68. The van der Waals surface area contributed by atoms with Gasteiger partial charge in [0.2, 0.25) is 0 Å². The maximum absolute atomic E-state index is 12.3. The number of sulfone groups is 1. The van der Waals surface area contributed by atoms with Crippen molar-refractivity contribution in [3.63, 3.8) is 0 Å². The molecule has 1 N–H and O–H groups in total. The molecule has 5 nitrogen and oxygen atoms in total. The number of halogens is 1. The second kappa shape index (κ2) is 10.1. The molecule has 0 amide bonds. The van der Waals surface area contributed by atoms with E-state index in [-0.39, 0.29) is 29.7 Å². The summed E-state index contributed by atoms with van der Waals surface area (Å²) in [5.74, 6) is 0.959. The average Bonchev–Trinajstić information content (AvgIpc) is 2.68. The second-order valence-electron chi connectivity index (χ2n) is 6.40. The predicted octanol–water partition coefficient (Wildman–Crippen LogP) is 3.10. The van der Waals surface area contributed by atoms with E-state index < -0.39 is 9.84 Å². The molecule has 0 fully saturated rings. The van der Waals surface area contributed by atoms with E-state index >= 15 is 0 Å². The highest BCUT2D eigenvalue weighted by atomic mass is 127. The van der Waals surface area contributed by atoms with Crippen LogP contribution in [0.15, 0.2) is 64.5 Å². The SMILES string of the molecule is CN=C(NCCCS(=O)(=O)c1ccccc1)N1CCc2ccccc2C1.I. The molecule has 0 atom stereocenters. The van der Waals surface area contributed by atoms with Crippen LogP contribution in [0.5, 0.6) is 0 Å². The summed E-state index contributed by atoms with van der Waals surface area (Å²) in [6.45, 7) is 2.33. The number of hydrogen-bond acceptors (Lipinski definition) is 3. The average molecular weight is 499 g/mol. The van der Waals surface area contributed by atoms with Crippen LogP contribution in [-0.2, 0) is 22.8 Å². The van der Waals surface area contributed by atoms with E-state index in [4.69, 9.17) is 0 Å². The molecule has 3 rings (SSSR count). The van der Waals surface area contributed by atoms with Crippen LogP contribution in [0, 0.1) is 0 Å². The summed E-state index contributed by atoms with van der Waals surface area (Å²) in [6, 6.07) is 17.1. The maximum Gasteiger partial charge on any atom is 0.193 e. The maximum atomic E-state index is 12.3. The van der Waals surface area contributed by atoms with Gasteiger partial charge in [0.25, 0.3) is 0 Å². The van der Waals surface area contributed by atoms with Gasteiger partial charge in [-0.3, -0.25) is 4.99 Å². The molecule has 1 aliphatic heterocycles. The van der Waals surface area contributed by atoms with Gasteiger partial charge in [-0.05, 0) is 36.1 Å². The fourth-order valence-electron chi connectivity index (χ4n) is 3.22. The van der Waals surface area contributed by atoms with E-state index in [2.05, 4.69) is 39.5 Å². The first kappa shape index (κ1) is 21.7. The molecular formula is C20H26IN3O2S. The first-order chi connectivity index (χ1) is 12.6. The molecule has 0 bridgehead atoms. The topological polar surface area (TPSA) is 61.8 Å². The van der Waals surface area contributed by atoms with Crippen molar-refractivity contribution in [3.8, 4) is 0 Å². The summed E-state index contributed by atoms with van der Waals surface area (Å²) in [4.78, 5) is 6.96. The first-order valence-corrected chi connectivity index (χ1v) is 10.6. The van der Waals surface area contributed by atoms with Crippen LogP contribution in [0.1, 0.15) is 17.5 Å². The summed E-state index contributed by atoms with van der Waals surface area (Å²) < 4.78 is 24.6. The highest BCUT2D eigenvalue weighted by Crippen LogP contribution is 2.18. The zero-order chi connectivity index (χ0) is 18.4. The van der Waals surface area contributed by atoms with Crippen molar-refractivity contribution in [2.75, 3.05) is 25.9 Å². The van der Waals surface area contributed by atoms with Crippen LogP contribution in [0.3, 0.4) is 0 Å². The Labute approximate surface area is 178 Å². The van der Waals surface area contributed by atoms with Crippen LogP contribution in [0.2, 0.25) is 0 Å². The molecule has 1 aliphatic rings. The Morgan fingerprint density at radius 2 is 1.74 bits per heavy atom. The van der Waals surface area contributed by atoms with Crippen molar-refractivity contribution in [3.05, 3.63) is 65.7 Å². The van der Waals surface area contributed by atoms with Crippen molar-refractivity contribution in [2.24, 2.45) is 4.99 Å². The van der Waals surface area contributed by atoms with Gasteiger partial charge < -0.3 is 10.2 Å². The van der Waals surface area contributed by atoms with Gasteiger partial charge in [0, 0.05) is 26.7 Å². The van der Waals surface area contributed by atoms with E-state index in [0.717, 1.165) is 25.5 Å². The van der Waals surface area contributed by atoms with Crippen molar-refractivity contribution in [1.29, 1.82) is 0 Å². The molecule has 0 aliphatic carbocycles. The first-order valence-electron chi connectivity index (χ1n) is 8.90. The summed E-state index contributed by atoms with van der Waals surface area (Å²) in [7, 11) is -1.46. The van der Waals surface area contributed by atoms with Gasteiger partial charge in [0.05, 0.1) is 10.6 Å². The van der Waals surface area contributed by atoms with E-state index in [9.17, 15) is 8.42 Å². The number of nitrogens with zero attached hydrogens (tertiary/aromatic N) is 2. The van der Waals surface area contributed by atoms with Gasteiger partial charge in [-0.25, -0.2) is 8.42 Å². The standard InChI is InChI=1S/C20H25N3O2S.HI/c1-21-20(23-14-12-17-8-5-6-9-18(17)16-23)22-13-7-15-26(24,25)19-10-3-2-4-11-19;/h2-6,8-11H,7,12-16H2,1H3,(H,21,22);1H. The Morgan fingerprint density at radius 3 is 2.44 bits per heavy atom. The number of hydrogen-bond donors (Lipinski definition) is 1. The zero-order valence-electron chi connectivity index (χ0n) is 15.5. The summed E-state index contributed by atoms with van der Waals surface area (Å²) >= 11 is 0. The lowest BCUT2D eigenvalue weighted by atomic mass is 10.0. The number of nitrogens with one attached hydrogen (secondary N) is 1. The third-order valence-corrected chi connectivity index (χ3v) is 6.43. The summed E-state index contributed by atoms with van der Waals surface area (Å²) in [5.41, 5.74) is 2.72. The number of benzene rings is 2. The Balaban J connectivity index is 0.00000261. The lowest BCUT2D eigenvalue weighted by Crippen LogP contribution is -2.44. The number of aliphatic imine (C=N–C) groups is 1. The second-order valence-corrected chi connectivity index (χ2v) is 8.51. The summed E-state index contributed by atoms with van der Waals surface area (Å²) in [5, 5.41) is 3.31. The lowest BCUT2D eigenvalue weighted by molar-refractivity contribution is 0.379. The molecule has 0 unspecified atom stereocenters. The number of guanidine groups is 1. The van der Waals surface area contributed by atoms with Crippen LogP contribution < -0.4 is 5.32 Å². The molecule has 2 aromatic rings. The van der Waals surface area contributed by atoms with Gasteiger partial charge in [0.1, 0.15) is 0 Å². The van der Waals surface area contributed by atoms with Crippen LogP contribution >= 0.6 is 24.0 Å². The Bertz CT molecular complexity index is 870. The largest absolute Gasteiger partial charge is 0.356 e. The van der Waals surface area contributed by atoms with Gasteiger partial charge in [-0.2, -0.15) is 0 Å². The molecule has 0 spiro atoms. The van der Waals surface area contributed by atoms with Gasteiger partial charge in [-0.1, -0.05) is 42.5 Å². The molecular weight excluding hydrogens is 473 g/mol. The van der Waals surface area contributed by atoms with Crippen molar-refractivity contribution < 1.29 is 8.42 Å². The highest BCUT2D eigenvalue weighted by Gasteiger charge is 2.19. The highest BCUT2D eigenvalue weighted by molar-refractivity contribution is 14.0. The molecule has 27 heavy (non-hydrogen) atoms. The lowest BCUT2D eigenvalue weighted by Gasteiger charge is -2.31. The van der Waals surface area contributed by atoms with E-state index in [1.165, 1.54) is 11.1 Å². The third-order valence-electron chi connectivity index (χ3n) is 4.62. The minimum absolute atomic E-state index is 0. The molecule has 0 saturated heterocycles. The number of fused-ring (bicyclic) bond motifs is 1. The Morgan fingerprint density at radius 1 is 1.07 bits per heavy atom. The zero-order valence-corrected chi connectivity index (χ0v) is 18.6. The normalized spacial score (nSPS) is 14.3. The fraction of sp³-hybridized carbons (Fsp3) is 0.350. The van der Waals surface area contributed by atoms with Crippen LogP contribution in [-0.4, -0.2) is 45.2 Å². The minimum Gasteiger partial charge on any atom is -0.356 e. The minimum atomic E-state index is -3.22. The van der Waals surface area contributed by atoms with Crippen LogP contribution in [0.4, 0.5) is 0 Å². The molecule has 1 heterocycles. The molecule has 2 aromatic carbocycles. The van der Waals surface area contributed by atoms with E-state index in [1.54, 1.807) is 31.3 Å². The molecule has 7 heteroatoms. The molecule has 0 radical (unpaired) electrons. The smallest absolute Gasteiger partial charge is 0.193 e. The predicted molar refractivity (Wildman–Crippen MR) is 120 cm³/mol. The molecule has 146 valence electrons. The fourth-order valence-corrected chi connectivity index (χ4v) is 4.55. The monoisotopic (exact) mass is 499 g/mol. The van der Waals surface area contributed by atoms with Gasteiger partial charge >= 0.3 is 0 Å². The Kier molecular flexibility index (Phi) is 8.09. The van der Waals surface area contributed by atoms with Gasteiger partial charge in [0.15, 0.2) is 15.8 Å². The molecule has 0 saturated carbocycles.